The normalized spacial score (nSPS) is 20.6. The fraction of sp³-hybridized carbons (Fsp3) is 0.455. The fourth-order valence-corrected chi connectivity index (χ4v) is 7.52. The molecule has 1 unspecified atom stereocenters. The number of thioether (sulfide) groups is 2. The van der Waals surface area contributed by atoms with Crippen molar-refractivity contribution in [2.45, 2.75) is 54.9 Å². The molecule has 1 aliphatic carbocycles. The third-order valence-corrected chi connectivity index (χ3v) is 9.59. The van der Waals surface area contributed by atoms with Crippen LogP contribution < -0.4 is 10.6 Å². The van der Waals surface area contributed by atoms with Crippen LogP contribution in [0.25, 0.3) is 0 Å². The Morgan fingerprint density at radius 3 is 2.76 bits per heavy atom. The summed E-state index contributed by atoms with van der Waals surface area (Å²) in [7, 11) is 0. The zero-order valence-corrected chi connectivity index (χ0v) is 24.0. The molecule has 20 heteroatoms. The Labute approximate surface area is 249 Å². The molecule has 222 valence electrons. The minimum atomic E-state index is -1.32. The van der Waals surface area contributed by atoms with E-state index in [1.54, 1.807) is 0 Å². The molecule has 0 spiro atoms. The number of amides is 3. The molecule has 3 aliphatic rings. The van der Waals surface area contributed by atoms with E-state index < -0.39 is 41.7 Å². The second-order valence-corrected chi connectivity index (χ2v) is 12.1. The number of hydrogen-bond acceptors (Lipinski definition) is 14. The number of rotatable bonds is 13. The van der Waals surface area contributed by atoms with E-state index in [1.807, 2.05) is 0 Å². The van der Waals surface area contributed by atoms with E-state index in [0.29, 0.717) is 12.0 Å². The van der Waals surface area contributed by atoms with Gasteiger partial charge in [-0.25, -0.2) is 14.5 Å². The minimum Gasteiger partial charge on any atom is -0.480 e. The molecule has 1 saturated heterocycles. The minimum absolute atomic E-state index is 0.0957. The standard InChI is InChI=1S/C22H23N9O8S3/c32-9-23-21-24-12(8-41-21)14(27-39-11-3-1-2-4-11)17(35)25-15-18(36)31-16(20(37)38)10(6-40-19(15)31)7-42-22-26-28-29-30(22)5-13(33)34/h8-9,11,15,19H,1-7H2,(H,25,35)(H,33,34)(H,37,38)(H,23,24,32)/t15?,19-/m1/s1. The highest BCUT2D eigenvalue weighted by molar-refractivity contribution is 8.01. The van der Waals surface area contributed by atoms with Crippen molar-refractivity contribution in [3.05, 3.63) is 22.3 Å². The molecule has 3 amide bonds. The summed E-state index contributed by atoms with van der Waals surface area (Å²) >= 11 is 3.40. The number of carbonyl (C=O) groups is 5. The molecule has 2 atom stereocenters. The van der Waals surface area contributed by atoms with Gasteiger partial charge in [-0.05, 0) is 41.7 Å². The van der Waals surface area contributed by atoms with Gasteiger partial charge in [0.05, 0.1) is 0 Å². The first-order valence-corrected chi connectivity index (χ1v) is 15.4. The smallest absolute Gasteiger partial charge is 0.352 e. The number of oxime groups is 1. The Morgan fingerprint density at radius 1 is 1.26 bits per heavy atom. The van der Waals surface area contributed by atoms with Gasteiger partial charge < -0.3 is 25.7 Å². The van der Waals surface area contributed by atoms with Gasteiger partial charge in [-0.3, -0.25) is 24.1 Å². The Morgan fingerprint density at radius 2 is 2.05 bits per heavy atom. The molecular formula is C22H23N9O8S3. The average Bonchev–Trinajstić information content (AvgIpc) is 3.73. The Hall–Kier alpha value is -4.04. The van der Waals surface area contributed by atoms with Gasteiger partial charge >= 0.3 is 11.9 Å². The van der Waals surface area contributed by atoms with Crippen LogP contribution in [0, 0.1) is 0 Å². The van der Waals surface area contributed by atoms with Crippen LogP contribution in [0.5, 0.6) is 0 Å². The molecule has 4 N–H and O–H groups in total. The Balaban J connectivity index is 1.30. The van der Waals surface area contributed by atoms with E-state index in [4.69, 9.17) is 9.94 Å². The van der Waals surface area contributed by atoms with Crippen molar-refractivity contribution in [2.24, 2.45) is 5.16 Å². The van der Waals surface area contributed by atoms with Crippen LogP contribution >= 0.6 is 34.9 Å². The molecule has 0 aromatic carbocycles. The van der Waals surface area contributed by atoms with Crippen molar-refractivity contribution in [3.63, 3.8) is 0 Å². The van der Waals surface area contributed by atoms with Gasteiger partial charge in [-0.15, -0.1) is 28.2 Å². The number of nitrogens with one attached hydrogen (secondary N) is 2. The molecule has 4 heterocycles. The third kappa shape index (κ3) is 6.23. The number of carbonyl (C=O) groups excluding carboxylic acids is 3. The highest BCUT2D eigenvalue weighted by Gasteiger charge is 2.54. The summed E-state index contributed by atoms with van der Waals surface area (Å²) in [5.41, 5.74) is 0.188. The summed E-state index contributed by atoms with van der Waals surface area (Å²) in [5.74, 6) is -3.48. The first kappa shape index (κ1) is 29.5. The maximum absolute atomic E-state index is 13.3. The van der Waals surface area contributed by atoms with E-state index in [1.165, 1.54) is 17.1 Å². The van der Waals surface area contributed by atoms with Gasteiger partial charge in [0.2, 0.25) is 11.6 Å². The Bertz CT molecular complexity index is 1470. The Kier molecular flexibility index (Phi) is 9.02. The summed E-state index contributed by atoms with van der Waals surface area (Å²) in [6.07, 6.45) is 3.85. The van der Waals surface area contributed by atoms with Crippen LogP contribution in [0.3, 0.4) is 0 Å². The molecule has 2 aromatic rings. The SMILES string of the molecule is O=CNc1nc(C(=NOC2CCCC2)C(=O)NC2C(=O)N3C(C(=O)O)=C(CSc4nnnn4CC(=O)O)CS[C@H]23)cs1. The monoisotopic (exact) mass is 637 g/mol. The van der Waals surface area contributed by atoms with Crippen molar-refractivity contribution >= 4 is 75.9 Å². The summed E-state index contributed by atoms with van der Waals surface area (Å²) in [4.78, 5) is 71.5. The molecule has 1 saturated carbocycles. The molecule has 2 aliphatic heterocycles. The van der Waals surface area contributed by atoms with Crippen molar-refractivity contribution < 1.29 is 39.0 Å². The van der Waals surface area contributed by atoms with Crippen molar-refractivity contribution in [2.75, 3.05) is 16.8 Å². The molecule has 0 radical (unpaired) electrons. The van der Waals surface area contributed by atoms with Crippen molar-refractivity contribution in [1.82, 2.24) is 35.4 Å². The predicted octanol–water partition coefficient (Wildman–Crippen LogP) is -0.0233. The van der Waals surface area contributed by atoms with Crippen LogP contribution in [-0.2, 0) is 35.4 Å². The summed E-state index contributed by atoms with van der Waals surface area (Å²) in [5, 5.41) is 40.2. The van der Waals surface area contributed by atoms with E-state index in [9.17, 15) is 29.1 Å². The number of anilines is 1. The predicted molar refractivity (Wildman–Crippen MR) is 148 cm³/mol. The summed E-state index contributed by atoms with van der Waals surface area (Å²) in [6, 6.07) is -1.03. The van der Waals surface area contributed by atoms with E-state index in [-0.39, 0.29) is 45.0 Å². The topological polar surface area (TPSA) is 231 Å². The maximum Gasteiger partial charge on any atom is 0.352 e. The van der Waals surface area contributed by atoms with E-state index in [2.05, 4.69) is 36.3 Å². The van der Waals surface area contributed by atoms with Crippen LogP contribution in [0.1, 0.15) is 31.4 Å². The fourth-order valence-electron chi connectivity index (χ4n) is 4.51. The van der Waals surface area contributed by atoms with Gasteiger partial charge in [0.1, 0.15) is 35.5 Å². The number of carboxylic acids is 2. The number of β-lactam (4-membered cyclic amide) rings is 1. The zero-order chi connectivity index (χ0) is 29.8. The van der Waals surface area contributed by atoms with E-state index in [0.717, 1.165) is 58.4 Å². The number of fused-ring (bicyclic) bond motifs is 1. The lowest BCUT2D eigenvalue weighted by Gasteiger charge is -2.49. The number of hydrogen-bond donors (Lipinski definition) is 4. The summed E-state index contributed by atoms with van der Waals surface area (Å²) in [6.45, 7) is -0.463. The van der Waals surface area contributed by atoms with Crippen molar-refractivity contribution in [1.29, 1.82) is 0 Å². The van der Waals surface area contributed by atoms with Gasteiger partial charge in [0.25, 0.3) is 11.8 Å². The molecule has 2 fully saturated rings. The third-order valence-electron chi connectivity index (χ3n) is 6.44. The molecule has 17 nitrogen and oxygen atoms in total. The lowest BCUT2D eigenvalue weighted by atomic mass is 10.0. The number of aliphatic carboxylic acids is 2. The summed E-state index contributed by atoms with van der Waals surface area (Å²) < 4.78 is 1.07. The molecule has 0 bridgehead atoms. The van der Waals surface area contributed by atoms with Crippen LogP contribution in [-0.4, -0.2) is 105 Å². The zero-order valence-electron chi connectivity index (χ0n) is 21.5. The number of nitrogens with zero attached hydrogens (tertiary/aromatic N) is 7. The molecule has 42 heavy (non-hydrogen) atoms. The van der Waals surface area contributed by atoms with Crippen LogP contribution in [0.2, 0.25) is 0 Å². The largest absolute Gasteiger partial charge is 0.480 e. The molecular weight excluding hydrogens is 614 g/mol. The second-order valence-electron chi connectivity index (χ2n) is 9.17. The second kappa shape index (κ2) is 12.9. The molecule has 2 aromatic heterocycles. The van der Waals surface area contributed by atoms with Gasteiger partial charge in [0.15, 0.2) is 10.8 Å². The average molecular weight is 638 g/mol. The lowest BCUT2D eigenvalue weighted by molar-refractivity contribution is -0.150. The van der Waals surface area contributed by atoms with Crippen LogP contribution in [0.15, 0.2) is 27.0 Å². The van der Waals surface area contributed by atoms with Gasteiger partial charge in [0, 0.05) is 16.9 Å². The quantitative estimate of drug-likeness (QED) is 0.0743. The number of thiazole rings is 1. The van der Waals surface area contributed by atoms with E-state index >= 15 is 0 Å². The highest BCUT2D eigenvalue weighted by atomic mass is 32.2. The first-order valence-electron chi connectivity index (χ1n) is 12.5. The van der Waals surface area contributed by atoms with Crippen LogP contribution in [0.4, 0.5) is 5.13 Å². The van der Waals surface area contributed by atoms with Gasteiger partial charge in [-0.1, -0.05) is 16.9 Å². The number of tetrazole rings is 1. The lowest BCUT2D eigenvalue weighted by Crippen LogP contribution is -2.71. The maximum atomic E-state index is 13.3. The number of carboxylic acid groups (broad SMARTS) is 2. The number of aromatic nitrogens is 5. The van der Waals surface area contributed by atoms with Crippen molar-refractivity contribution in [3.8, 4) is 0 Å². The van der Waals surface area contributed by atoms with Gasteiger partial charge in [-0.2, -0.15) is 0 Å². The highest BCUT2D eigenvalue weighted by Crippen LogP contribution is 2.41. The molecule has 5 rings (SSSR count). The first-order chi connectivity index (χ1) is 20.3.